The number of carbonyl (C=O) groups is 1. The average molecular weight is 371 g/mol. The first kappa shape index (κ1) is 18.1. The van der Waals surface area contributed by atoms with Crippen LogP contribution in [0, 0.1) is 0 Å². The number of carbonyl (C=O) groups excluding carboxylic acids is 1. The predicted octanol–water partition coefficient (Wildman–Crippen LogP) is 1.74. The molecular weight excluding hydrogens is 356 g/mol. The molecule has 1 amide bonds. The Labute approximate surface area is 144 Å². The summed E-state index contributed by atoms with van der Waals surface area (Å²) >= 11 is 5.82. The number of ether oxygens (including phenoxy) is 2. The third-order valence-electron chi connectivity index (χ3n) is 2.88. The van der Waals surface area contributed by atoms with Gasteiger partial charge in [-0.1, -0.05) is 23.7 Å². The molecule has 0 spiro atoms. The molecule has 0 atom stereocenters. The lowest BCUT2D eigenvalue weighted by molar-refractivity contribution is -0.123. The van der Waals surface area contributed by atoms with Crippen LogP contribution in [0.5, 0.6) is 11.5 Å². The smallest absolute Gasteiger partial charge is 0.272 e. The van der Waals surface area contributed by atoms with Crippen molar-refractivity contribution in [1.82, 2.24) is 10.3 Å². The molecular formula is C15H15ClN2O5S. The summed E-state index contributed by atoms with van der Waals surface area (Å²) in [6, 6.07) is 12.5. The van der Waals surface area contributed by atoms with E-state index in [-0.39, 0.29) is 16.5 Å². The Kier molecular flexibility index (Phi) is 6.02. The summed E-state index contributed by atoms with van der Waals surface area (Å²) in [6.07, 6.45) is 0. The predicted molar refractivity (Wildman–Crippen MR) is 88.4 cm³/mol. The largest absolute Gasteiger partial charge is 0.497 e. The van der Waals surface area contributed by atoms with Crippen molar-refractivity contribution in [3.05, 3.63) is 53.6 Å². The summed E-state index contributed by atoms with van der Waals surface area (Å²) in [4.78, 5) is 13.5. The molecule has 0 unspecified atom stereocenters. The third-order valence-corrected chi connectivity index (χ3v) is 4.63. The molecule has 0 saturated heterocycles. The van der Waals surface area contributed by atoms with Gasteiger partial charge in [0.1, 0.15) is 16.4 Å². The number of rotatable bonds is 7. The first-order valence-electron chi connectivity index (χ1n) is 6.74. The van der Waals surface area contributed by atoms with Crippen molar-refractivity contribution in [2.24, 2.45) is 0 Å². The van der Waals surface area contributed by atoms with Gasteiger partial charge < -0.3 is 9.47 Å². The van der Waals surface area contributed by atoms with E-state index in [1.54, 1.807) is 30.3 Å². The van der Waals surface area contributed by atoms with Crippen molar-refractivity contribution in [2.75, 3.05) is 13.7 Å². The molecule has 2 aromatic carbocycles. The summed E-state index contributed by atoms with van der Waals surface area (Å²) < 4.78 is 34.3. The number of sulfonamides is 1. The first-order chi connectivity index (χ1) is 11.4. The van der Waals surface area contributed by atoms with Crippen LogP contribution in [0.15, 0.2) is 53.4 Å². The van der Waals surface area contributed by atoms with Crippen LogP contribution in [0.2, 0.25) is 5.02 Å². The second-order valence-corrected chi connectivity index (χ2v) is 6.61. The number of hydrogen-bond donors (Lipinski definition) is 2. The van der Waals surface area contributed by atoms with Gasteiger partial charge in [0.05, 0.1) is 12.1 Å². The van der Waals surface area contributed by atoms with Gasteiger partial charge in [-0.25, -0.2) is 8.42 Å². The fraction of sp³-hybridized carbons (Fsp3) is 0.133. The lowest BCUT2D eigenvalue weighted by atomic mass is 10.3. The van der Waals surface area contributed by atoms with Crippen LogP contribution in [0.1, 0.15) is 0 Å². The second kappa shape index (κ2) is 8.00. The number of hydrazine groups is 1. The van der Waals surface area contributed by atoms with E-state index in [0.29, 0.717) is 11.5 Å². The zero-order valence-corrected chi connectivity index (χ0v) is 14.2. The van der Waals surface area contributed by atoms with E-state index in [4.69, 9.17) is 21.1 Å². The third kappa shape index (κ3) is 4.85. The minimum absolute atomic E-state index is 0.0498. The first-order valence-corrected chi connectivity index (χ1v) is 8.60. The molecule has 0 radical (unpaired) electrons. The molecule has 0 fully saturated rings. The van der Waals surface area contributed by atoms with E-state index in [1.807, 2.05) is 4.83 Å². The lowest BCUT2D eigenvalue weighted by Gasteiger charge is -2.10. The maximum absolute atomic E-state index is 12.0. The van der Waals surface area contributed by atoms with E-state index in [2.05, 4.69) is 5.43 Å². The minimum atomic E-state index is -3.96. The number of hydrogen-bond acceptors (Lipinski definition) is 5. The van der Waals surface area contributed by atoms with Crippen molar-refractivity contribution in [2.45, 2.75) is 4.90 Å². The van der Waals surface area contributed by atoms with E-state index in [9.17, 15) is 13.2 Å². The fourth-order valence-electron chi connectivity index (χ4n) is 1.70. The summed E-state index contributed by atoms with van der Waals surface area (Å²) in [5.74, 6) is 0.431. The number of amides is 1. The molecule has 24 heavy (non-hydrogen) atoms. The Balaban J connectivity index is 1.87. The van der Waals surface area contributed by atoms with Crippen molar-refractivity contribution in [3.8, 4) is 11.5 Å². The van der Waals surface area contributed by atoms with Crippen LogP contribution < -0.4 is 19.7 Å². The van der Waals surface area contributed by atoms with Crippen LogP contribution in [-0.2, 0) is 14.8 Å². The van der Waals surface area contributed by atoms with E-state index >= 15 is 0 Å². The van der Waals surface area contributed by atoms with Crippen LogP contribution in [0.4, 0.5) is 0 Å². The van der Waals surface area contributed by atoms with E-state index < -0.39 is 15.9 Å². The van der Waals surface area contributed by atoms with Crippen molar-refractivity contribution >= 4 is 27.5 Å². The quantitative estimate of drug-likeness (QED) is 0.724. The molecule has 0 bridgehead atoms. The average Bonchev–Trinajstić information content (AvgIpc) is 2.59. The maximum atomic E-state index is 12.0. The fourth-order valence-corrected chi connectivity index (χ4v) is 3.08. The molecule has 2 aromatic rings. The molecule has 0 heterocycles. The lowest BCUT2D eigenvalue weighted by Crippen LogP contribution is -2.43. The Bertz CT molecular complexity index is 809. The molecule has 0 aromatic heterocycles. The monoisotopic (exact) mass is 370 g/mol. The molecule has 9 heteroatoms. The van der Waals surface area contributed by atoms with Crippen LogP contribution in [0.25, 0.3) is 0 Å². The van der Waals surface area contributed by atoms with E-state index in [0.717, 1.165) is 0 Å². The Hall–Kier alpha value is -2.29. The molecule has 7 nitrogen and oxygen atoms in total. The number of nitrogens with one attached hydrogen (secondary N) is 2. The highest BCUT2D eigenvalue weighted by molar-refractivity contribution is 7.89. The summed E-state index contributed by atoms with van der Waals surface area (Å²) in [6.45, 7) is -0.364. The van der Waals surface area contributed by atoms with E-state index in [1.165, 1.54) is 25.3 Å². The number of methoxy groups -OCH3 is 1. The minimum Gasteiger partial charge on any atom is -0.497 e. The van der Waals surface area contributed by atoms with Crippen molar-refractivity contribution in [1.29, 1.82) is 0 Å². The SMILES string of the molecule is COc1ccc(OCC(=O)NNS(=O)(=O)c2ccccc2Cl)cc1. The van der Waals surface area contributed by atoms with Gasteiger partial charge in [0, 0.05) is 0 Å². The highest BCUT2D eigenvalue weighted by Gasteiger charge is 2.18. The standard InChI is InChI=1S/C15H15ClN2O5S/c1-22-11-6-8-12(9-7-11)23-10-15(19)17-18-24(20,21)14-5-3-2-4-13(14)16/h2-9,18H,10H2,1H3,(H,17,19). The Morgan fingerprint density at radius 3 is 2.33 bits per heavy atom. The molecule has 0 aliphatic heterocycles. The second-order valence-electron chi connectivity index (χ2n) is 4.55. The molecule has 128 valence electrons. The van der Waals surface area contributed by atoms with Gasteiger partial charge in [-0.15, -0.1) is 4.83 Å². The highest BCUT2D eigenvalue weighted by Crippen LogP contribution is 2.19. The van der Waals surface area contributed by atoms with Gasteiger partial charge in [0.25, 0.3) is 15.9 Å². The summed E-state index contributed by atoms with van der Waals surface area (Å²) in [7, 11) is -2.43. The molecule has 0 aliphatic carbocycles. The Morgan fingerprint density at radius 2 is 1.71 bits per heavy atom. The summed E-state index contributed by atoms with van der Waals surface area (Å²) in [5, 5.41) is 0.0498. The van der Waals surface area contributed by atoms with Crippen LogP contribution in [-0.4, -0.2) is 28.0 Å². The molecule has 0 saturated carbocycles. The maximum Gasteiger partial charge on any atom is 0.272 e. The topological polar surface area (TPSA) is 93.7 Å². The summed E-state index contributed by atoms with van der Waals surface area (Å²) in [5.41, 5.74) is 2.06. The van der Waals surface area contributed by atoms with Gasteiger partial charge in [0.15, 0.2) is 6.61 Å². The Morgan fingerprint density at radius 1 is 1.08 bits per heavy atom. The highest BCUT2D eigenvalue weighted by atomic mass is 35.5. The number of benzene rings is 2. The number of halogens is 1. The van der Waals surface area contributed by atoms with Crippen LogP contribution >= 0.6 is 11.6 Å². The van der Waals surface area contributed by atoms with Gasteiger partial charge in [-0.3, -0.25) is 10.2 Å². The molecule has 2 N–H and O–H groups in total. The van der Waals surface area contributed by atoms with Gasteiger partial charge >= 0.3 is 0 Å². The van der Waals surface area contributed by atoms with Gasteiger partial charge in [-0.05, 0) is 36.4 Å². The van der Waals surface area contributed by atoms with Crippen molar-refractivity contribution in [3.63, 3.8) is 0 Å². The zero-order valence-electron chi connectivity index (χ0n) is 12.7. The molecule has 0 aliphatic rings. The van der Waals surface area contributed by atoms with Crippen molar-refractivity contribution < 1.29 is 22.7 Å². The molecule has 2 rings (SSSR count). The normalized spacial score (nSPS) is 10.9. The van der Waals surface area contributed by atoms with Gasteiger partial charge in [-0.2, -0.15) is 0 Å². The van der Waals surface area contributed by atoms with Crippen LogP contribution in [0.3, 0.4) is 0 Å². The van der Waals surface area contributed by atoms with Gasteiger partial charge in [0.2, 0.25) is 0 Å². The zero-order chi connectivity index (χ0) is 17.6.